The lowest BCUT2D eigenvalue weighted by molar-refractivity contribution is -0.119. The van der Waals surface area contributed by atoms with E-state index in [-0.39, 0.29) is 11.9 Å². The van der Waals surface area contributed by atoms with Crippen molar-refractivity contribution in [3.05, 3.63) is 5.89 Å². The zero-order valence-electron chi connectivity index (χ0n) is 13.2. The van der Waals surface area contributed by atoms with Crippen LogP contribution < -0.4 is 5.32 Å². The summed E-state index contributed by atoms with van der Waals surface area (Å²) in [5.41, 5.74) is 0. The lowest BCUT2D eigenvalue weighted by atomic mass is 10.0. The van der Waals surface area contributed by atoms with Crippen molar-refractivity contribution >= 4 is 29.4 Å². The second-order valence-electron chi connectivity index (χ2n) is 5.48. The molecule has 1 atom stereocenters. The third-order valence-corrected chi connectivity index (χ3v) is 4.22. The van der Waals surface area contributed by atoms with Crippen molar-refractivity contribution in [2.75, 3.05) is 12.0 Å². The van der Waals surface area contributed by atoms with Gasteiger partial charge in [0.15, 0.2) is 0 Å². The van der Waals surface area contributed by atoms with Crippen LogP contribution in [0.4, 0.5) is 0 Å². The molecule has 0 aromatic carbocycles. The summed E-state index contributed by atoms with van der Waals surface area (Å²) >= 11 is 2.91. The maximum Gasteiger partial charge on any atom is 0.277 e. The van der Waals surface area contributed by atoms with E-state index in [1.807, 2.05) is 13.2 Å². The van der Waals surface area contributed by atoms with Gasteiger partial charge < -0.3 is 9.73 Å². The van der Waals surface area contributed by atoms with Gasteiger partial charge in [0.25, 0.3) is 5.22 Å². The molecule has 1 aromatic rings. The minimum absolute atomic E-state index is 0.0154. The van der Waals surface area contributed by atoms with Gasteiger partial charge in [-0.1, -0.05) is 38.5 Å². The standard InChI is InChI=1S/C14H25N3O2S2/c1-10(2)6-5-7-11(3)15-12(18)8-21-14-17-16-13(19-14)9-20-4/h10-11H,5-9H2,1-4H3,(H,15,18). The maximum atomic E-state index is 11.8. The van der Waals surface area contributed by atoms with Crippen LogP contribution in [0.3, 0.4) is 0 Å². The molecule has 0 spiro atoms. The van der Waals surface area contributed by atoms with Crippen molar-refractivity contribution in [1.82, 2.24) is 15.5 Å². The van der Waals surface area contributed by atoms with Crippen molar-refractivity contribution in [3.63, 3.8) is 0 Å². The zero-order valence-corrected chi connectivity index (χ0v) is 14.9. The van der Waals surface area contributed by atoms with Gasteiger partial charge in [-0.2, -0.15) is 11.8 Å². The Morgan fingerprint density at radius 3 is 2.71 bits per heavy atom. The molecule has 7 heteroatoms. The SMILES string of the molecule is CSCc1nnc(SCC(=O)NC(C)CCCC(C)C)o1. The number of hydrogen-bond donors (Lipinski definition) is 1. The number of amides is 1. The first-order chi connectivity index (χ1) is 10.0. The topological polar surface area (TPSA) is 68.0 Å². The first-order valence-corrected chi connectivity index (χ1v) is 9.62. The van der Waals surface area contributed by atoms with E-state index in [0.717, 1.165) is 18.8 Å². The van der Waals surface area contributed by atoms with Gasteiger partial charge in [0, 0.05) is 6.04 Å². The van der Waals surface area contributed by atoms with Gasteiger partial charge in [0.1, 0.15) is 0 Å². The summed E-state index contributed by atoms with van der Waals surface area (Å²) in [6.45, 7) is 6.48. The van der Waals surface area contributed by atoms with Gasteiger partial charge in [0.05, 0.1) is 11.5 Å². The Bertz CT molecular complexity index is 424. The highest BCUT2D eigenvalue weighted by Crippen LogP contribution is 2.17. The Balaban J connectivity index is 2.20. The van der Waals surface area contributed by atoms with E-state index in [2.05, 4.69) is 29.4 Å². The third kappa shape index (κ3) is 8.36. The molecule has 0 saturated heterocycles. The van der Waals surface area contributed by atoms with E-state index < -0.39 is 0 Å². The number of carbonyl (C=O) groups is 1. The van der Waals surface area contributed by atoms with Crippen molar-refractivity contribution in [3.8, 4) is 0 Å². The van der Waals surface area contributed by atoms with E-state index >= 15 is 0 Å². The highest BCUT2D eigenvalue weighted by Gasteiger charge is 2.11. The number of nitrogens with one attached hydrogen (secondary N) is 1. The van der Waals surface area contributed by atoms with Crippen LogP contribution in [-0.2, 0) is 10.5 Å². The van der Waals surface area contributed by atoms with Gasteiger partial charge in [-0.25, -0.2) is 0 Å². The van der Waals surface area contributed by atoms with Crippen LogP contribution in [0.15, 0.2) is 9.64 Å². The Kier molecular flexibility index (Phi) is 8.84. The molecule has 5 nitrogen and oxygen atoms in total. The molecule has 21 heavy (non-hydrogen) atoms. The van der Waals surface area contributed by atoms with E-state index in [4.69, 9.17) is 4.42 Å². The molecule has 120 valence electrons. The van der Waals surface area contributed by atoms with E-state index in [0.29, 0.717) is 22.6 Å². The molecular weight excluding hydrogens is 306 g/mol. The van der Waals surface area contributed by atoms with Gasteiger partial charge in [-0.3, -0.25) is 4.79 Å². The average molecular weight is 332 g/mol. The fraction of sp³-hybridized carbons (Fsp3) is 0.786. The zero-order chi connectivity index (χ0) is 15.7. The molecule has 0 aliphatic rings. The molecule has 1 N–H and O–H groups in total. The van der Waals surface area contributed by atoms with Gasteiger partial charge in [-0.05, 0) is 25.5 Å². The van der Waals surface area contributed by atoms with E-state index in [9.17, 15) is 4.79 Å². The predicted octanol–water partition coefficient (Wildman–Crippen LogP) is 3.36. The molecule has 0 radical (unpaired) electrons. The van der Waals surface area contributed by atoms with E-state index in [1.54, 1.807) is 11.8 Å². The highest BCUT2D eigenvalue weighted by molar-refractivity contribution is 7.99. The van der Waals surface area contributed by atoms with Crippen LogP contribution in [0.2, 0.25) is 0 Å². The van der Waals surface area contributed by atoms with Crippen LogP contribution in [0.25, 0.3) is 0 Å². The molecule has 0 fully saturated rings. The number of aromatic nitrogens is 2. The van der Waals surface area contributed by atoms with Gasteiger partial charge in [0.2, 0.25) is 11.8 Å². The number of hydrogen-bond acceptors (Lipinski definition) is 6. The smallest absolute Gasteiger partial charge is 0.277 e. The highest BCUT2D eigenvalue weighted by atomic mass is 32.2. The monoisotopic (exact) mass is 331 g/mol. The van der Waals surface area contributed by atoms with Crippen LogP contribution >= 0.6 is 23.5 Å². The molecule has 0 saturated carbocycles. The summed E-state index contributed by atoms with van der Waals surface area (Å²) in [5.74, 6) is 2.35. The first kappa shape index (κ1) is 18.4. The number of rotatable bonds is 10. The molecule has 0 aliphatic carbocycles. The normalized spacial score (nSPS) is 12.6. The predicted molar refractivity (Wildman–Crippen MR) is 88.5 cm³/mol. The Morgan fingerprint density at radius 2 is 2.05 bits per heavy atom. The fourth-order valence-corrected chi connectivity index (χ4v) is 2.78. The summed E-state index contributed by atoms with van der Waals surface area (Å²) in [6, 6.07) is 0.214. The fourth-order valence-electron chi connectivity index (χ4n) is 1.83. The van der Waals surface area contributed by atoms with Gasteiger partial charge in [-0.15, -0.1) is 10.2 Å². The average Bonchev–Trinajstić information content (AvgIpc) is 2.84. The van der Waals surface area contributed by atoms with Crippen molar-refractivity contribution < 1.29 is 9.21 Å². The third-order valence-electron chi connectivity index (χ3n) is 2.87. The molecule has 1 aromatic heterocycles. The largest absolute Gasteiger partial charge is 0.415 e. The van der Waals surface area contributed by atoms with E-state index in [1.165, 1.54) is 18.2 Å². The quantitative estimate of drug-likeness (QED) is 0.663. The minimum atomic E-state index is 0.0154. The van der Waals surface area contributed by atoms with Crippen LogP contribution in [0, 0.1) is 5.92 Å². The van der Waals surface area contributed by atoms with Crippen LogP contribution in [0.5, 0.6) is 0 Å². The summed E-state index contributed by atoms with van der Waals surface area (Å²) in [6.07, 6.45) is 5.35. The summed E-state index contributed by atoms with van der Waals surface area (Å²) in [7, 11) is 0. The summed E-state index contributed by atoms with van der Waals surface area (Å²) < 4.78 is 5.41. The van der Waals surface area contributed by atoms with Crippen molar-refractivity contribution in [2.45, 2.75) is 57.1 Å². The summed E-state index contributed by atoms with van der Waals surface area (Å²) in [5, 5.41) is 11.3. The molecule has 0 aliphatic heterocycles. The Morgan fingerprint density at radius 1 is 1.29 bits per heavy atom. The Hall–Kier alpha value is -0.690. The lowest BCUT2D eigenvalue weighted by Crippen LogP contribution is -2.33. The van der Waals surface area contributed by atoms with Crippen molar-refractivity contribution in [1.29, 1.82) is 0 Å². The molecule has 1 amide bonds. The van der Waals surface area contributed by atoms with Gasteiger partial charge >= 0.3 is 0 Å². The molecule has 1 rings (SSSR count). The maximum absolute atomic E-state index is 11.8. The second kappa shape index (κ2) is 10.1. The lowest BCUT2D eigenvalue weighted by Gasteiger charge is -2.14. The molecule has 1 heterocycles. The number of carbonyl (C=O) groups excluding carboxylic acids is 1. The second-order valence-corrected chi connectivity index (χ2v) is 7.27. The van der Waals surface area contributed by atoms with Crippen LogP contribution in [0.1, 0.15) is 45.9 Å². The Labute approximate surface area is 135 Å². The van der Waals surface area contributed by atoms with Crippen molar-refractivity contribution in [2.24, 2.45) is 5.92 Å². The first-order valence-electron chi connectivity index (χ1n) is 7.24. The summed E-state index contributed by atoms with van der Waals surface area (Å²) in [4.78, 5) is 11.8. The minimum Gasteiger partial charge on any atom is -0.415 e. The molecule has 0 bridgehead atoms. The molecule has 1 unspecified atom stereocenters. The number of thioether (sulfide) groups is 2. The van der Waals surface area contributed by atoms with Crippen LogP contribution in [-0.4, -0.2) is 34.2 Å². The number of nitrogens with zero attached hydrogens (tertiary/aromatic N) is 2. The molecular formula is C14H25N3O2S2.